The summed E-state index contributed by atoms with van der Waals surface area (Å²) in [6.45, 7) is 2.27. The number of ether oxygens (including phenoxy) is 4. The van der Waals surface area contributed by atoms with Gasteiger partial charge in [-0.25, -0.2) is 0 Å². The zero-order valence-corrected chi connectivity index (χ0v) is 15.1. The summed E-state index contributed by atoms with van der Waals surface area (Å²) in [6, 6.07) is 9.96. The predicted octanol–water partition coefficient (Wildman–Crippen LogP) is 3.24. The molecule has 0 radical (unpaired) electrons. The first kappa shape index (κ1) is 18.9. The fraction of sp³-hybridized carbons (Fsp3) is 0.263. The molecule has 2 rings (SSSR count). The highest BCUT2D eigenvalue weighted by Gasteiger charge is 2.18. The molecule has 0 atom stereocenters. The van der Waals surface area contributed by atoms with E-state index >= 15 is 0 Å². The van der Waals surface area contributed by atoms with Crippen molar-refractivity contribution in [3.63, 3.8) is 0 Å². The highest BCUT2D eigenvalue weighted by molar-refractivity contribution is 6.06. The van der Waals surface area contributed by atoms with Crippen molar-refractivity contribution in [2.24, 2.45) is 0 Å². The predicted molar refractivity (Wildman–Crippen MR) is 96.4 cm³/mol. The molecule has 1 N–H and O–H groups in total. The Balaban J connectivity index is 2.40. The average Bonchev–Trinajstić information content (AvgIpc) is 2.67. The SMILES string of the molecule is CCOc1ccc(C#N)cc1NC(=O)c1cc(OC)c(OC)c(OC)c1. The first-order valence-electron chi connectivity index (χ1n) is 7.86. The third-order valence-electron chi connectivity index (χ3n) is 3.58. The molecule has 0 spiro atoms. The highest BCUT2D eigenvalue weighted by Crippen LogP contribution is 2.38. The van der Waals surface area contributed by atoms with Crippen molar-refractivity contribution >= 4 is 11.6 Å². The molecule has 0 aromatic heterocycles. The standard InChI is InChI=1S/C19H20N2O5/c1-5-26-15-7-6-12(11-20)8-14(15)21-19(22)13-9-16(23-2)18(25-4)17(10-13)24-3/h6-10H,5H2,1-4H3,(H,21,22). The van der Waals surface area contributed by atoms with E-state index in [1.54, 1.807) is 30.3 Å². The van der Waals surface area contributed by atoms with Gasteiger partial charge in [0.05, 0.1) is 45.3 Å². The Bertz CT molecular complexity index is 817. The second-order valence-electron chi connectivity index (χ2n) is 5.12. The van der Waals surface area contributed by atoms with Crippen molar-refractivity contribution < 1.29 is 23.7 Å². The summed E-state index contributed by atoms with van der Waals surface area (Å²) >= 11 is 0. The van der Waals surface area contributed by atoms with Crippen LogP contribution in [0.4, 0.5) is 5.69 Å². The van der Waals surface area contributed by atoms with Crippen molar-refractivity contribution in [1.29, 1.82) is 5.26 Å². The number of amides is 1. The lowest BCUT2D eigenvalue weighted by Gasteiger charge is -2.15. The topological polar surface area (TPSA) is 89.8 Å². The van der Waals surface area contributed by atoms with Gasteiger partial charge in [-0.15, -0.1) is 0 Å². The Labute approximate surface area is 152 Å². The van der Waals surface area contributed by atoms with Crippen molar-refractivity contribution in [2.75, 3.05) is 33.3 Å². The molecular formula is C19H20N2O5. The zero-order chi connectivity index (χ0) is 19.1. The van der Waals surface area contributed by atoms with E-state index in [0.717, 1.165) is 0 Å². The number of nitrogens with zero attached hydrogens (tertiary/aromatic N) is 1. The van der Waals surface area contributed by atoms with E-state index in [2.05, 4.69) is 5.32 Å². The van der Waals surface area contributed by atoms with Crippen LogP contribution in [0.25, 0.3) is 0 Å². The molecule has 0 aliphatic rings. The molecule has 0 unspecified atom stereocenters. The molecule has 0 aliphatic carbocycles. The number of anilines is 1. The molecule has 0 fully saturated rings. The fourth-order valence-corrected chi connectivity index (χ4v) is 2.39. The van der Waals surface area contributed by atoms with Gasteiger partial charge in [0, 0.05) is 5.56 Å². The Morgan fingerprint density at radius 2 is 1.69 bits per heavy atom. The molecule has 1 amide bonds. The van der Waals surface area contributed by atoms with Crippen molar-refractivity contribution in [1.82, 2.24) is 0 Å². The maximum atomic E-state index is 12.7. The Morgan fingerprint density at radius 1 is 1.04 bits per heavy atom. The summed E-state index contributed by atoms with van der Waals surface area (Å²) in [5, 5.41) is 11.8. The van der Waals surface area contributed by atoms with Gasteiger partial charge in [-0.2, -0.15) is 5.26 Å². The Hall–Kier alpha value is -3.40. The van der Waals surface area contributed by atoms with Crippen LogP contribution in [-0.4, -0.2) is 33.8 Å². The molecule has 2 aromatic carbocycles. The number of rotatable bonds is 7. The number of hydrogen-bond donors (Lipinski definition) is 1. The normalized spacial score (nSPS) is 9.81. The first-order valence-corrected chi connectivity index (χ1v) is 7.86. The van der Waals surface area contributed by atoms with Crippen LogP contribution < -0.4 is 24.3 Å². The lowest BCUT2D eigenvalue weighted by molar-refractivity contribution is 0.102. The lowest BCUT2D eigenvalue weighted by Crippen LogP contribution is -2.14. The van der Waals surface area contributed by atoms with Crippen molar-refractivity contribution in [2.45, 2.75) is 6.92 Å². The maximum Gasteiger partial charge on any atom is 0.256 e. The molecule has 136 valence electrons. The second kappa shape index (κ2) is 8.62. The Morgan fingerprint density at radius 3 is 2.19 bits per heavy atom. The molecule has 0 saturated heterocycles. The van der Waals surface area contributed by atoms with E-state index in [-0.39, 0.29) is 0 Å². The van der Waals surface area contributed by atoms with Crippen LogP contribution in [-0.2, 0) is 0 Å². The van der Waals surface area contributed by atoms with Gasteiger partial charge in [-0.1, -0.05) is 0 Å². The van der Waals surface area contributed by atoms with Crippen molar-refractivity contribution in [3.05, 3.63) is 41.5 Å². The zero-order valence-electron chi connectivity index (χ0n) is 15.1. The lowest BCUT2D eigenvalue weighted by atomic mass is 10.1. The average molecular weight is 356 g/mol. The molecule has 26 heavy (non-hydrogen) atoms. The fourth-order valence-electron chi connectivity index (χ4n) is 2.39. The molecular weight excluding hydrogens is 336 g/mol. The molecule has 0 bridgehead atoms. The largest absolute Gasteiger partial charge is 0.493 e. The third-order valence-corrected chi connectivity index (χ3v) is 3.58. The van der Waals surface area contributed by atoms with E-state index < -0.39 is 5.91 Å². The van der Waals surface area contributed by atoms with Gasteiger partial charge in [0.1, 0.15) is 5.75 Å². The minimum absolute atomic E-state index is 0.310. The van der Waals surface area contributed by atoms with E-state index in [1.165, 1.54) is 21.3 Å². The summed E-state index contributed by atoms with van der Waals surface area (Å²) in [7, 11) is 4.44. The van der Waals surface area contributed by atoms with Gasteiger partial charge in [0.2, 0.25) is 5.75 Å². The number of nitriles is 1. The van der Waals surface area contributed by atoms with Crippen LogP contribution in [0.1, 0.15) is 22.8 Å². The number of hydrogen-bond acceptors (Lipinski definition) is 6. The van der Waals surface area contributed by atoms with Crippen LogP contribution >= 0.6 is 0 Å². The van der Waals surface area contributed by atoms with Crippen LogP contribution in [0.2, 0.25) is 0 Å². The summed E-state index contributed by atoms with van der Waals surface area (Å²) in [6.07, 6.45) is 0. The van der Waals surface area contributed by atoms with E-state index in [9.17, 15) is 4.79 Å². The molecule has 2 aromatic rings. The van der Waals surface area contributed by atoms with Crippen LogP contribution in [0.5, 0.6) is 23.0 Å². The van der Waals surface area contributed by atoms with Crippen LogP contribution in [0, 0.1) is 11.3 Å². The van der Waals surface area contributed by atoms with Gasteiger partial charge in [0.25, 0.3) is 5.91 Å². The third kappa shape index (κ3) is 3.98. The van der Waals surface area contributed by atoms with Crippen LogP contribution in [0.15, 0.2) is 30.3 Å². The van der Waals surface area contributed by atoms with Gasteiger partial charge in [0.15, 0.2) is 11.5 Å². The minimum atomic E-state index is -0.403. The van der Waals surface area contributed by atoms with Crippen LogP contribution in [0.3, 0.4) is 0 Å². The quantitative estimate of drug-likeness (QED) is 0.819. The number of carbonyl (C=O) groups excluding carboxylic acids is 1. The number of carbonyl (C=O) groups is 1. The maximum absolute atomic E-state index is 12.7. The number of nitrogens with one attached hydrogen (secondary N) is 1. The monoisotopic (exact) mass is 356 g/mol. The van der Waals surface area contributed by atoms with Crippen molar-refractivity contribution in [3.8, 4) is 29.1 Å². The number of methoxy groups -OCH3 is 3. The summed E-state index contributed by atoms with van der Waals surface area (Å²) in [4.78, 5) is 12.7. The van der Waals surface area contributed by atoms with E-state index in [0.29, 0.717) is 46.4 Å². The van der Waals surface area contributed by atoms with E-state index in [1.807, 2.05) is 13.0 Å². The molecule has 0 aliphatic heterocycles. The molecule has 7 nitrogen and oxygen atoms in total. The molecule has 0 heterocycles. The van der Waals surface area contributed by atoms with Gasteiger partial charge in [-0.05, 0) is 37.3 Å². The minimum Gasteiger partial charge on any atom is -0.493 e. The highest BCUT2D eigenvalue weighted by atomic mass is 16.5. The molecule has 0 saturated carbocycles. The summed E-state index contributed by atoms with van der Waals surface area (Å²) < 4.78 is 21.3. The smallest absolute Gasteiger partial charge is 0.256 e. The number of benzene rings is 2. The molecule has 7 heteroatoms. The summed E-state index contributed by atoms with van der Waals surface area (Å²) in [5.41, 5.74) is 1.13. The van der Waals surface area contributed by atoms with Gasteiger partial charge in [-0.3, -0.25) is 4.79 Å². The second-order valence-corrected chi connectivity index (χ2v) is 5.12. The van der Waals surface area contributed by atoms with E-state index in [4.69, 9.17) is 24.2 Å². The first-order chi connectivity index (χ1) is 12.6. The Kier molecular flexibility index (Phi) is 6.28. The summed E-state index contributed by atoms with van der Waals surface area (Å²) in [5.74, 6) is 1.21. The van der Waals surface area contributed by atoms with Gasteiger partial charge < -0.3 is 24.3 Å². The van der Waals surface area contributed by atoms with Gasteiger partial charge >= 0.3 is 0 Å².